The molecule has 3 aromatic rings. The van der Waals surface area contributed by atoms with E-state index in [1.54, 1.807) is 24.3 Å². The highest BCUT2D eigenvalue weighted by molar-refractivity contribution is 7.98. The lowest BCUT2D eigenvalue weighted by Crippen LogP contribution is -2.07. The van der Waals surface area contributed by atoms with Gasteiger partial charge in [-0.05, 0) is 22.6 Å². The average molecular weight is 388 g/mol. The molecule has 3 rings (SSSR count). The molecule has 0 unspecified atom stereocenters. The minimum Gasteiger partial charge on any atom is -0.494 e. The molecule has 0 aliphatic heterocycles. The van der Waals surface area contributed by atoms with Crippen molar-refractivity contribution in [3.05, 3.63) is 58.9 Å². The number of hydrogen-bond donors (Lipinski definition) is 0. The number of thioether (sulfide) groups is 1. The van der Waals surface area contributed by atoms with Crippen molar-refractivity contribution in [3.63, 3.8) is 0 Å². The summed E-state index contributed by atoms with van der Waals surface area (Å²) in [6, 6.07) is 6.69. The normalized spacial score (nSPS) is 11.0. The highest BCUT2D eigenvalue weighted by Gasteiger charge is 2.26. The second-order valence-electron chi connectivity index (χ2n) is 4.88. The number of nitrogens with zero attached hydrogens (tertiary/aromatic N) is 4. The molecule has 0 amide bonds. The van der Waals surface area contributed by atoms with Crippen molar-refractivity contribution in [2.45, 2.75) is 10.9 Å². The first kappa shape index (κ1) is 18.1. The van der Waals surface area contributed by atoms with E-state index in [4.69, 9.17) is 4.74 Å². The second-order valence-corrected chi connectivity index (χ2v) is 5.82. The molecule has 0 radical (unpaired) electrons. The van der Waals surface area contributed by atoms with Gasteiger partial charge in [-0.25, -0.2) is 22.0 Å². The second kappa shape index (κ2) is 7.28. The first-order valence-electron chi connectivity index (χ1n) is 7.00. The van der Waals surface area contributed by atoms with Gasteiger partial charge in [-0.1, -0.05) is 23.9 Å². The molecule has 1 heterocycles. The SMILES string of the molecule is COc1ccccc1-n1nnnc1SCc1c(F)c(F)c(F)c(F)c1F. The van der Waals surface area contributed by atoms with Gasteiger partial charge in [0.15, 0.2) is 23.3 Å². The third-order valence-electron chi connectivity index (χ3n) is 3.40. The van der Waals surface area contributed by atoms with Crippen LogP contribution in [0, 0.1) is 29.1 Å². The van der Waals surface area contributed by atoms with Crippen molar-refractivity contribution >= 4 is 11.8 Å². The Labute approximate surface area is 147 Å². The van der Waals surface area contributed by atoms with Gasteiger partial charge in [-0.3, -0.25) is 0 Å². The Morgan fingerprint density at radius 1 is 0.962 bits per heavy atom. The molecule has 1 aromatic heterocycles. The molecule has 26 heavy (non-hydrogen) atoms. The van der Waals surface area contributed by atoms with Crippen molar-refractivity contribution < 1.29 is 26.7 Å². The van der Waals surface area contributed by atoms with Gasteiger partial charge in [-0.2, -0.15) is 4.68 Å². The van der Waals surface area contributed by atoms with Crippen LogP contribution in [0.2, 0.25) is 0 Å². The zero-order valence-electron chi connectivity index (χ0n) is 13.0. The molecular weight excluding hydrogens is 379 g/mol. The van der Waals surface area contributed by atoms with Crippen LogP contribution < -0.4 is 4.74 Å². The summed E-state index contributed by atoms with van der Waals surface area (Å²) in [4.78, 5) is 0. The lowest BCUT2D eigenvalue weighted by atomic mass is 10.2. The minimum atomic E-state index is -2.20. The number of halogens is 5. The number of rotatable bonds is 5. The van der Waals surface area contributed by atoms with E-state index in [0.717, 1.165) is 0 Å². The van der Waals surface area contributed by atoms with E-state index in [1.807, 2.05) is 0 Å². The van der Waals surface area contributed by atoms with Crippen molar-refractivity contribution in [2.24, 2.45) is 0 Å². The van der Waals surface area contributed by atoms with Crippen LogP contribution in [0.5, 0.6) is 5.75 Å². The van der Waals surface area contributed by atoms with Crippen molar-refractivity contribution in [2.75, 3.05) is 7.11 Å². The predicted molar refractivity (Wildman–Crippen MR) is 81.5 cm³/mol. The zero-order chi connectivity index (χ0) is 18.8. The number of hydrogen-bond acceptors (Lipinski definition) is 5. The summed E-state index contributed by atoms with van der Waals surface area (Å²) in [7, 11) is 1.44. The van der Waals surface area contributed by atoms with Crippen molar-refractivity contribution in [1.82, 2.24) is 20.2 Å². The fraction of sp³-hybridized carbons (Fsp3) is 0.133. The average Bonchev–Trinajstić information content (AvgIpc) is 3.13. The Morgan fingerprint density at radius 3 is 2.23 bits per heavy atom. The zero-order valence-corrected chi connectivity index (χ0v) is 13.8. The van der Waals surface area contributed by atoms with Gasteiger partial charge in [0, 0.05) is 11.3 Å². The number of benzene rings is 2. The van der Waals surface area contributed by atoms with Gasteiger partial charge in [0.2, 0.25) is 11.0 Å². The van der Waals surface area contributed by atoms with Gasteiger partial charge in [0.05, 0.1) is 7.11 Å². The quantitative estimate of drug-likeness (QED) is 0.289. The summed E-state index contributed by atoms with van der Waals surface area (Å²) in [6.45, 7) is 0. The maximum Gasteiger partial charge on any atom is 0.214 e. The van der Waals surface area contributed by atoms with E-state index in [1.165, 1.54) is 11.8 Å². The number of tetrazole rings is 1. The van der Waals surface area contributed by atoms with Gasteiger partial charge >= 0.3 is 0 Å². The summed E-state index contributed by atoms with van der Waals surface area (Å²) < 4.78 is 73.6. The van der Waals surface area contributed by atoms with Crippen LogP contribution in [-0.2, 0) is 5.75 Å². The van der Waals surface area contributed by atoms with Crippen LogP contribution in [0.25, 0.3) is 5.69 Å². The third-order valence-corrected chi connectivity index (χ3v) is 4.35. The smallest absolute Gasteiger partial charge is 0.214 e. The van der Waals surface area contributed by atoms with E-state index in [9.17, 15) is 22.0 Å². The molecular formula is C15H9F5N4OS. The molecule has 0 fully saturated rings. The molecule has 11 heteroatoms. The number of aromatic nitrogens is 4. The number of para-hydroxylation sites is 2. The molecule has 2 aromatic carbocycles. The largest absolute Gasteiger partial charge is 0.494 e. The summed E-state index contributed by atoms with van der Waals surface area (Å²) in [5.41, 5.74) is -0.513. The first-order valence-corrected chi connectivity index (χ1v) is 7.99. The summed E-state index contributed by atoms with van der Waals surface area (Å²) in [5.74, 6) is -10.1. The fourth-order valence-corrected chi connectivity index (χ4v) is 3.02. The van der Waals surface area contributed by atoms with Crippen LogP contribution in [0.1, 0.15) is 5.56 Å². The number of methoxy groups -OCH3 is 1. The van der Waals surface area contributed by atoms with Gasteiger partial charge in [0.25, 0.3) is 0 Å². The molecule has 0 aliphatic rings. The van der Waals surface area contributed by atoms with E-state index in [-0.39, 0.29) is 5.16 Å². The Kier molecular flexibility index (Phi) is 5.07. The monoisotopic (exact) mass is 388 g/mol. The molecule has 136 valence electrons. The third kappa shape index (κ3) is 3.09. The predicted octanol–water partition coefficient (Wildman–Crippen LogP) is 3.66. The van der Waals surface area contributed by atoms with Crippen LogP contribution in [0.3, 0.4) is 0 Å². The molecule has 0 saturated carbocycles. The first-order chi connectivity index (χ1) is 12.5. The molecule has 0 N–H and O–H groups in total. The molecule has 0 atom stereocenters. The Morgan fingerprint density at radius 2 is 1.58 bits per heavy atom. The molecule has 0 spiro atoms. The minimum absolute atomic E-state index is 0.0819. The van der Waals surface area contributed by atoms with Gasteiger partial charge in [-0.15, -0.1) is 5.10 Å². The van der Waals surface area contributed by atoms with Crippen LogP contribution in [0.15, 0.2) is 29.4 Å². The van der Waals surface area contributed by atoms with E-state index in [2.05, 4.69) is 15.5 Å². The molecule has 0 saturated heterocycles. The van der Waals surface area contributed by atoms with Crippen LogP contribution in [0.4, 0.5) is 22.0 Å². The van der Waals surface area contributed by atoms with E-state index in [0.29, 0.717) is 23.2 Å². The molecule has 0 bridgehead atoms. The summed E-state index contributed by atoms with van der Waals surface area (Å²) >= 11 is 0.708. The van der Waals surface area contributed by atoms with E-state index >= 15 is 0 Å². The standard InChI is InChI=1S/C15H9F5N4OS/c1-25-9-5-3-2-4-8(9)24-15(21-22-23-24)26-6-7-10(16)12(18)14(20)13(19)11(7)17/h2-5H,6H2,1H3. The molecule has 0 aliphatic carbocycles. The molecule has 5 nitrogen and oxygen atoms in total. The van der Waals surface area contributed by atoms with Crippen LogP contribution in [-0.4, -0.2) is 27.3 Å². The topological polar surface area (TPSA) is 52.8 Å². The van der Waals surface area contributed by atoms with Gasteiger partial charge in [0.1, 0.15) is 11.4 Å². The Hall–Kier alpha value is -2.69. The summed E-state index contributed by atoms with van der Waals surface area (Å²) in [5, 5.41) is 11.0. The Bertz CT molecular complexity index is 936. The summed E-state index contributed by atoms with van der Waals surface area (Å²) in [6.07, 6.45) is 0. The lowest BCUT2D eigenvalue weighted by Gasteiger charge is -2.10. The van der Waals surface area contributed by atoms with Crippen LogP contribution >= 0.6 is 11.8 Å². The fourth-order valence-electron chi connectivity index (χ4n) is 2.14. The lowest BCUT2D eigenvalue weighted by molar-refractivity contribution is 0.372. The van der Waals surface area contributed by atoms with Crippen molar-refractivity contribution in [3.8, 4) is 11.4 Å². The van der Waals surface area contributed by atoms with E-state index < -0.39 is 40.4 Å². The number of ether oxygens (including phenoxy) is 1. The maximum absolute atomic E-state index is 13.8. The highest BCUT2D eigenvalue weighted by atomic mass is 32.2. The Balaban J connectivity index is 1.93. The highest BCUT2D eigenvalue weighted by Crippen LogP contribution is 2.30. The maximum atomic E-state index is 13.8. The van der Waals surface area contributed by atoms with Gasteiger partial charge < -0.3 is 4.74 Å². The van der Waals surface area contributed by atoms with Crippen molar-refractivity contribution in [1.29, 1.82) is 0 Å².